The van der Waals surface area contributed by atoms with E-state index in [1.807, 2.05) is 51.1 Å². The molecule has 0 amide bonds. The van der Waals surface area contributed by atoms with Gasteiger partial charge >= 0.3 is 0 Å². The van der Waals surface area contributed by atoms with Gasteiger partial charge in [0.2, 0.25) is 0 Å². The number of rotatable bonds is 2. The molecule has 0 saturated carbocycles. The molecule has 0 aliphatic carbocycles. The van der Waals surface area contributed by atoms with Gasteiger partial charge in [-0.3, -0.25) is 5.26 Å². The molecule has 0 aliphatic heterocycles. The second kappa shape index (κ2) is 14.3. The maximum atomic E-state index is 8.55. The number of benzene rings is 1. The quantitative estimate of drug-likeness (QED) is 0.495. The largest absolute Gasteiger partial charge is 0.346 e. The summed E-state index contributed by atoms with van der Waals surface area (Å²) in [5.41, 5.74) is 0.351. The zero-order valence-electron chi connectivity index (χ0n) is 11.4. The molecule has 17 heavy (non-hydrogen) atoms. The molecule has 0 aliphatic rings. The molecule has 2 nitrogen and oxygen atoms in total. The van der Waals surface area contributed by atoms with E-state index in [1.54, 1.807) is 6.92 Å². The van der Waals surface area contributed by atoms with Crippen molar-refractivity contribution in [2.24, 2.45) is 0 Å². The Bertz CT molecular complexity index is 235. The van der Waals surface area contributed by atoms with E-state index in [9.17, 15) is 0 Å². The second-order valence-corrected chi connectivity index (χ2v) is 3.47. The van der Waals surface area contributed by atoms with Crippen LogP contribution in [-0.4, -0.2) is 5.26 Å². The first-order valence-electron chi connectivity index (χ1n) is 5.46. The fourth-order valence-corrected chi connectivity index (χ4v) is 0.892. The van der Waals surface area contributed by atoms with Gasteiger partial charge in [-0.05, 0) is 19.4 Å². The molecule has 1 aromatic carbocycles. The summed E-state index contributed by atoms with van der Waals surface area (Å²) >= 11 is 0. The molecule has 1 N–H and O–H groups in total. The van der Waals surface area contributed by atoms with Crippen molar-refractivity contribution < 1.29 is 42.9 Å². The van der Waals surface area contributed by atoms with Crippen LogP contribution in [0.3, 0.4) is 0 Å². The zero-order valence-corrected chi connectivity index (χ0v) is 14.3. The average molecular weight is 313 g/mol. The Balaban J connectivity index is -0.000000286. The maximum Gasteiger partial charge on any atom is 0.123 e. The minimum absolute atomic E-state index is 0. The molecule has 1 rings (SSSR count). The van der Waals surface area contributed by atoms with Crippen molar-refractivity contribution in [3.05, 3.63) is 49.7 Å². The monoisotopic (exact) mass is 313 g/mol. The SMILES string of the molecule is CC(C)(OO)c1ccccc1.[CH2-]C.[CH2-]CC.[Y]. The van der Waals surface area contributed by atoms with Crippen LogP contribution in [0.25, 0.3) is 0 Å². The first kappa shape index (κ1) is 22.4. The van der Waals surface area contributed by atoms with Crippen LogP contribution >= 0.6 is 0 Å². The summed E-state index contributed by atoms with van der Waals surface area (Å²) in [7, 11) is 0. The van der Waals surface area contributed by atoms with Gasteiger partial charge in [0.15, 0.2) is 0 Å². The molecule has 3 heteroatoms. The summed E-state index contributed by atoms with van der Waals surface area (Å²) in [6.45, 7) is 14.1. The van der Waals surface area contributed by atoms with Crippen molar-refractivity contribution in [3.63, 3.8) is 0 Å². The minimum atomic E-state index is -0.610. The van der Waals surface area contributed by atoms with E-state index in [-0.39, 0.29) is 32.7 Å². The van der Waals surface area contributed by atoms with Crippen LogP contribution in [-0.2, 0) is 43.2 Å². The Morgan fingerprint density at radius 3 is 1.82 bits per heavy atom. The van der Waals surface area contributed by atoms with Crippen LogP contribution in [0.15, 0.2) is 30.3 Å². The fourth-order valence-electron chi connectivity index (χ4n) is 0.892. The van der Waals surface area contributed by atoms with Crippen molar-refractivity contribution in [2.75, 3.05) is 0 Å². The third-order valence-electron chi connectivity index (χ3n) is 1.70. The van der Waals surface area contributed by atoms with E-state index in [0.717, 1.165) is 12.0 Å². The molecule has 0 fully saturated rings. The van der Waals surface area contributed by atoms with Crippen molar-refractivity contribution in [3.8, 4) is 0 Å². The molecule has 1 radical (unpaired) electrons. The predicted octanol–water partition coefficient (Wildman–Crippen LogP) is 4.48. The summed E-state index contributed by atoms with van der Waals surface area (Å²) in [4.78, 5) is 4.32. The molecule has 1 aromatic rings. The Labute approximate surface area is 132 Å². The van der Waals surface area contributed by atoms with Crippen molar-refractivity contribution >= 4 is 0 Å². The maximum absolute atomic E-state index is 8.55. The van der Waals surface area contributed by atoms with Gasteiger partial charge in [0, 0.05) is 32.7 Å². The molecule has 0 atom stereocenters. The van der Waals surface area contributed by atoms with E-state index in [2.05, 4.69) is 18.7 Å². The van der Waals surface area contributed by atoms with Gasteiger partial charge in [0.1, 0.15) is 5.60 Å². The van der Waals surface area contributed by atoms with Gasteiger partial charge in [0.25, 0.3) is 0 Å². The van der Waals surface area contributed by atoms with Crippen LogP contribution in [0, 0.1) is 13.8 Å². The van der Waals surface area contributed by atoms with E-state index < -0.39 is 5.60 Å². The third-order valence-corrected chi connectivity index (χ3v) is 1.70. The summed E-state index contributed by atoms with van der Waals surface area (Å²) in [6, 6.07) is 9.58. The van der Waals surface area contributed by atoms with Gasteiger partial charge in [-0.1, -0.05) is 37.3 Å². The predicted molar refractivity (Wildman–Crippen MR) is 69.9 cm³/mol. The second-order valence-electron chi connectivity index (χ2n) is 3.47. The topological polar surface area (TPSA) is 29.5 Å². The van der Waals surface area contributed by atoms with E-state index >= 15 is 0 Å². The smallest absolute Gasteiger partial charge is 0.123 e. The molecule has 0 unspecified atom stereocenters. The van der Waals surface area contributed by atoms with E-state index in [4.69, 9.17) is 5.26 Å². The van der Waals surface area contributed by atoms with E-state index in [1.165, 1.54) is 0 Å². The van der Waals surface area contributed by atoms with Gasteiger partial charge in [0.05, 0.1) is 0 Å². The van der Waals surface area contributed by atoms with Gasteiger partial charge in [-0.2, -0.15) is 13.3 Å². The van der Waals surface area contributed by atoms with Crippen molar-refractivity contribution in [1.82, 2.24) is 0 Å². The third kappa shape index (κ3) is 11.1. The fraction of sp³-hybridized carbons (Fsp3) is 0.429. The van der Waals surface area contributed by atoms with Crippen molar-refractivity contribution in [1.29, 1.82) is 0 Å². The van der Waals surface area contributed by atoms with Crippen molar-refractivity contribution in [2.45, 2.75) is 39.7 Å². The normalized spacial score (nSPS) is 8.88. The first-order valence-corrected chi connectivity index (χ1v) is 5.46. The van der Waals surface area contributed by atoms with Crippen LogP contribution in [0.4, 0.5) is 0 Å². The Morgan fingerprint density at radius 2 is 1.53 bits per heavy atom. The minimum Gasteiger partial charge on any atom is -0.346 e. The summed E-state index contributed by atoms with van der Waals surface area (Å²) in [5, 5.41) is 8.55. The van der Waals surface area contributed by atoms with Gasteiger partial charge < -0.3 is 13.8 Å². The number of hydrogen-bond donors (Lipinski definition) is 1. The van der Waals surface area contributed by atoms with Crippen LogP contribution < -0.4 is 0 Å². The molecule has 97 valence electrons. The summed E-state index contributed by atoms with van der Waals surface area (Å²) in [5.74, 6) is 0. The first-order chi connectivity index (χ1) is 7.58. The summed E-state index contributed by atoms with van der Waals surface area (Å²) in [6.07, 6.45) is 1.00. The van der Waals surface area contributed by atoms with Crippen LogP contribution in [0.1, 0.15) is 39.7 Å². The summed E-state index contributed by atoms with van der Waals surface area (Å²) < 4.78 is 0. The molecule has 0 aromatic heterocycles. The Hall–Kier alpha value is 0.244. The molecule has 0 bridgehead atoms. The Kier molecular flexibility index (Phi) is 18.9. The van der Waals surface area contributed by atoms with E-state index in [0.29, 0.717) is 0 Å². The molecular weight excluding hydrogens is 289 g/mol. The average Bonchev–Trinajstić information content (AvgIpc) is 2.34. The number of hydrogen-bond acceptors (Lipinski definition) is 2. The van der Waals surface area contributed by atoms with Crippen LogP contribution in [0.2, 0.25) is 0 Å². The standard InChI is InChI=1S/C9H12O2.C3H7.C2H5.Y/c1-9(2,11-10)8-6-4-3-5-7-8;1-3-2;1-2;/h3-7,10H,1-2H3;1,3H2,2H3;1H2,2H3;/q;2*-1;. The molecular formula is C14H24O2Y-2. The van der Waals surface area contributed by atoms with Crippen LogP contribution in [0.5, 0.6) is 0 Å². The van der Waals surface area contributed by atoms with Gasteiger partial charge in [-0.25, -0.2) is 4.89 Å². The Morgan fingerprint density at radius 1 is 1.18 bits per heavy atom. The molecule has 0 spiro atoms. The zero-order chi connectivity index (χ0) is 13.0. The molecule has 0 saturated heterocycles. The van der Waals surface area contributed by atoms with Gasteiger partial charge in [-0.15, -0.1) is 0 Å². The molecule has 0 heterocycles.